The number of fused-ring (bicyclic) bond motifs is 7. The highest BCUT2D eigenvalue weighted by Gasteiger charge is 2.67. The fraction of sp³-hybridized carbons (Fsp3) is 0.935. The fourth-order valence-electron chi connectivity index (χ4n) is 10.7. The van der Waals surface area contributed by atoms with E-state index < -0.39 is 0 Å². The number of hydrogen-bond acceptors (Lipinski definition) is 0. The first-order valence-corrected chi connectivity index (χ1v) is 13.9. The molecule has 0 nitrogen and oxygen atoms in total. The van der Waals surface area contributed by atoms with Crippen LogP contribution >= 0.6 is 0 Å². The number of hydrogen-bond donors (Lipinski definition) is 0. The zero-order valence-electron chi connectivity index (χ0n) is 22.5. The molecule has 4 fully saturated rings. The summed E-state index contributed by atoms with van der Waals surface area (Å²) in [6.45, 7) is 23.8. The molecule has 0 radical (unpaired) electrons. The van der Waals surface area contributed by atoms with E-state index in [1.54, 1.807) is 0 Å². The zero-order valence-corrected chi connectivity index (χ0v) is 22.5. The van der Waals surface area contributed by atoms with Gasteiger partial charge in [-0.05, 0) is 120 Å². The zero-order chi connectivity index (χ0) is 22.7. The minimum absolute atomic E-state index is 0.425. The summed E-state index contributed by atoms with van der Waals surface area (Å²) in [4.78, 5) is 0. The minimum Gasteiger partial charge on any atom is -0.0841 e. The van der Waals surface area contributed by atoms with Crippen molar-refractivity contribution in [2.45, 2.75) is 127 Å². The molecule has 2 unspecified atom stereocenters. The Hall–Kier alpha value is -0.260. The summed E-state index contributed by atoms with van der Waals surface area (Å²) < 4.78 is 0. The van der Waals surface area contributed by atoms with Crippen molar-refractivity contribution in [3.63, 3.8) is 0 Å². The third kappa shape index (κ3) is 2.78. The van der Waals surface area contributed by atoms with Gasteiger partial charge in [-0.1, -0.05) is 74.0 Å². The Bertz CT molecular complexity index is 784. The van der Waals surface area contributed by atoms with Gasteiger partial charge < -0.3 is 0 Å². The average Bonchev–Trinajstić information content (AvgIpc) is 2.67. The molecule has 0 heterocycles. The Morgan fingerprint density at radius 2 is 1.42 bits per heavy atom. The van der Waals surface area contributed by atoms with E-state index in [9.17, 15) is 0 Å². The second kappa shape index (κ2) is 6.44. The Balaban J connectivity index is 1.57. The van der Waals surface area contributed by atoms with E-state index in [1.165, 1.54) is 64.2 Å². The lowest BCUT2D eigenvalue weighted by molar-refractivity contribution is -0.190. The van der Waals surface area contributed by atoms with Crippen LogP contribution in [-0.4, -0.2) is 0 Å². The highest BCUT2D eigenvalue weighted by Crippen LogP contribution is 2.76. The van der Waals surface area contributed by atoms with Crippen LogP contribution < -0.4 is 0 Å². The summed E-state index contributed by atoms with van der Waals surface area (Å²) in [6, 6.07) is 0. The van der Waals surface area contributed by atoms with E-state index in [1.807, 2.05) is 5.57 Å². The van der Waals surface area contributed by atoms with Crippen molar-refractivity contribution in [2.75, 3.05) is 0 Å². The van der Waals surface area contributed by atoms with E-state index >= 15 is 0 Å². The maximum atomic E-state index is 2.86. The molecular formula is C31H52. The Morgan fingerprint density at radius 3 is 2.13 bits per heavy atom. The van der Waals surface area contributed by atoms with Crippen LogP contribution in [0.25, 0.3) is 0 Å². The van der Waals surface area contributed by atoms with Crippen molar-refractivity contribution in [2.24, 2.45) is 56.2 Å². The van der Waals surface area contributed by atoms with Gasteiger partial charge in [-0.3, -0.25) is 0 Å². The Labute approximate surface area is 194 Å². The van der Waals surface area contributed by atoms with Crippen LogP contribution in [0.2, 0.25) is 0 Å². The molecule has 8 atom stereocenters. The van der Waals surface area contributed by atoms with Gasteiger partial charge in [0.15, 0.2) is 0 Å². The fourth-order valence-corrected chi connectivity index (χ4v) is 10.7. The van der Waals surface area contributed by atoms with Crippen molar-refractivity contribution in [1.29, 1.82) is 0 Å². The highest BCUT2D eigenvalue weighted by molar-refractivity contribution is 5.33. The molecule has 31 heavy (non-hydrogen) atoms. The molecule has 0 bridgehead atoms. The second-order valence-corrected chi connectivity index (χ2v) is 15.6. The van der Waals surface area contributed by atoms with Crippen molar-refractivity contribution < 1.29 is 0 Å². The summed E-state index contributed by atoms with van der Waals surface area (Å²) in [6.07, 6.45) is 17.3. The van der Waals surface area contributed by atoms with Gasteiger partial charge in [0.1, 0.15) is 0 Å². The van der Waals surface area contributed by atoms with Crippen molar-refractivity contribution in [1.82, 2.24) is 0 Å². The largest absolute Gasteiger partial charge is 0.0841 e. The molecule has 0 aromatic heterocycles. The predicted octanol–water partition coefficient (Wildman–Crippen LogP) is 9.44. The molecule has 5 rings (SSSR count). The molecule has 4 saturated carbocycles. The molecule has 0 heteroatoms. The monoisotopic (exact) mass is 424 g/mol. The Kier molecular flexibility index (Phi) is 4.68. The minimum atomic E-state index is 0.425. The summed E-state index contributed by atoms with van der Waals surface area (Å²) >= 11 is 0. The molecular weight excluding hydrogens is 372 g/mol. The molecule has 0 aromatic rings. The molecule has 0 aromatic carbocycles. The lowest BCUT2D eigenvalue weighted by Gasteiger charge is -2.71. The van der Waals surface area contributed by atoms with E-state index in [2.05, 4.69) is 68.4 Å². The maximum absolute atomic E-state index is 2.86. The van der Waals surface area contributed by atoms with E-state index in [4.69, 9.17) is 0 Å². The number of rotatable bonds is 0. The topological polar surface area (TPSA) is 0 Å². The summed E-state index contributed by atoms with van der Waals surface area (Å²) in [5, 5.41) is 0. The van der Waals surface area contributed by atoms with Crippen LogP contribution in [0.4, 0.5) is 0 Å². The summed E-state index contributed by atoms with van der Waals surface area (Å²) in [7, 11) is 0. The molecule has 0 N–H and O–H groups in total. The van der Waals surface area contributed by atoms with Crippen molar-refractivity contribution in [3.8, 4) is 0 Å². The average molecular weight is 425 g/mol. The second-order valence-electron chi connectivity index (χ2n) is 15.6. The predicted molar refractivity (Wildman–Crippen MR) is 134 cm³/mol. The van der Waals surface area contributed by atoms with Crippen molar-refractivity contribution >= 4 is 0 Å². The van der Waals surface area contributed by atoms with Gasteiger partial charge in [0, 0.05) is 0 Å². The first kappa shape index (κ1) is 22.5. The third-order valence-electron chi connectivity index (χ3n) is 13.6. The van der Waals surface area contributed by atoms with E-state index in [-0.39, 0.29) is 0 Å². The summed E-state index contributed by atoms with van der Waals surface area (Å²) in [5.41, 5.74) is 4.95. The van der Waals surface area contributed by atoms with Crippen LogP contribution in [0.3, 0.4) is 0 Å². The Morgan fingerprint density at radius 1 is 0.742 bits per heavy atom. The normalized spacial score (nSPS) is 55.2. The smallest absolute Gasteiger partial charge is 0.00565 e. The SMILES string of the molecule is C[C@H]1CC[C@@]2(C)C(CC[C@]3(C)C2CC=C2[C@@H]4CC(C)(C)CC[C@]4(C)CC[C@]23C)C1(C)C. The maximum Gasteiger partial charge on any atom is -0.00565 e. The van der Waals surface area contributed by atoms with Gasteiger partial charge in [0.25, 0.3) is 0 Å². The summed E-state index contributed by atoms with van der Waals surface area (Å²) in [5.74, 6) is 3.49. The van der Waals surface area contributed by atoms with Crippen molar-refractivity contribution in [3.05, 3.63) is 11.6 Å². The molecule has 0 aliphatic heterocycles. The van der Waals surface area contributed by atoms with Crippen LogP contribution in [-0.2, 0) is 0 Å². The lowest BCUT2D eigenvalue weighted by Crippen LogP contribution is -2.63. The van der Waals surface area contributed by atoms with Gasteiger partial charge in [-0.15, -0.1) is 0 Å². The molecule has 0 amide bonds. The molecule has 5 aliphatic carbocycles. The van der Waals surface area contributed by atoms with Crippen LogP contribution in [0.5, 0.6) is 0 Å². The quantitative estimate of drug-likeness (QED) is 0.340. The standard InChI is InChI=1S/C31H52/c1-21-12-14-29(7)24(27(21,4)5)13-15-31(9)25(29)11-10-22-23-20-26(2,3)16-17-28(23,6)18-19-30(22,31)8/h10,21,23-25H,11-20H2,1-9H3/t21-,23-,24?,25?,28+,29-,30+,31+/m0/s1. The first-order valence-electron chi connectivity index (χ1n) is 13.9. The van der Waals surface area contributed by atoms with E-state index in [0.29, 0.717) is 32.5 Å². The lowest BCUT2D eigenvalue weighted by atomic mass is 9.33. The van der Waals surface area contributed by atoms with Gasteiger partial charge in [0.2, 0.25) is 0 Å². The van der Waals surface area contributed by atoms with Gasteiger partial charge in [0.05, 0.1) is 0 Å². The van der Waals surface area contributed by atoms with Gasteiger partial charge >= 0.3 is 0 Å². The molecule has 5 aliphatic rings. The highest BCUT2D eigenvalue weighted by atomic mass is 14.7. The van der Waals surface area contributed by atoms with E-state index in [0.717, 1.165) is 23.7 Å². The molecule has 0 saturated heterocycles. The molecule has 0 spiro atoms. The first-order chi connectivity index (χ1) is 14.2. The number of allylic oxidation sites excluding steroid dienone is 2. The van der Waals surface area contributed by atoms with Crippen LogP contribution in [0.1, 0.15) is 127 Å². The third-order valence-corrected chi connectivity index (χ3v) is 13.6. The van der Waals surface area contributed by atoms with Crippen LogP contribution in [0.15, 0.2) is 11.6 Å². The van der Waals surface area contributed by atoms with Crippen LogP contribution in [0, 0.1) is 56.2 Å². The van der Waals surface area contributed by atoms with Gasteiger partial charge in [-0.25, -0.2) is 0 Å². The van der Waals surface area contributed by atoms with Gasteiger partial charge in [-0.2, -0.15) is 0 Å². The molecule has 176 valence electrons.